The lowest BCUT2D eigenvalue weighted by molar-refractivity contribution is -0.133. The van der Waals surface area contributed by atoms with E-state index in [4.69, 9.17) is 4.74 Å². The average Bonchev–Trinajstić information content (AvgIpc) is 3.04. The Hall–Kier alpha value is -1.07. The van der Waals surface area contributed by atoms with E-state index in [0.29, 0.717) is 19.1 Å². The summed E-state index contributed by atoms with van der Waals surface area (Å²) in [4.78, 5) is 14.5. The highest BCUT2D eigenvalue weighted by atomic mass is 79.9. The Kier molecular flexibility index (Phi) is 7.19. The Labute approximate surface area is 141 Å². The van der Waals surface area contributed by atoms with Crippen molar-refractivity contribution in [2.24, 2.45) is 0 Å². The maximum atomic E-state index is 12.4. The van der Waals surface area contributed by atoms with Crippen LogP contribution >= 0.6 is 15.9 Å². The summed E-state index contributed by atoms with van der Waals surface area (Å²) >= 11 is 3.46. The summed E-state index contributed by atoms with van der Waals surface area (Å²) in [5.74, 6) is 1.09. The Balaban J connectivity index is 1.74. The van der Waals surface area contributed by atoms with E-state index in [-0.39, 0.29) is 5.91 Å². The predicted molar refractivity (Wildman–Crippen MR) is 92.1 cm³/mol. The second-order valence-corrected chi connectivity index (χ2v) is 6.47. The number of hydrogen-bond donors (Lipinski definition) is 1. The van der Waals surface area contributed by atoms with Gasteiger partial charge in [0.05, 0.1) is 11.1 Å². The van der Waals surface area contributed by atoms with E-state index in [2.05, 4.69) is 33.1 Å². The van der Waals surface area contributed by atoms with Gasteiger partial charge < -0.3 is 15.0 Å². The minimum atomic E-state index is 0.256. The van der Waals surface area contributed by atoms with Gasteiger partial charge in [-0.2, -0.15) is 0 Å². The van der Waals surface area contributed by atoms with E-state index in [9.17, 15) is 4.79 Å². The van der Waals surface area contributed by atoms with Crippen molar-refractivity contribution in [1.29, 1.82) is 0 Å². The molecule has 1 unspecified atom stereocenters. The van der Waals surface area contributed by atoms with Crippen molar-refractivity contribution in [3.05, 3.63) is 28.7 Å². The van der Waals surface area contributed by atoms with Gasteiger partial charge in [0.2, 0.25) is 5.91 Å². The van der Waals surface area contributed by atoms with Crippen molar-refractivity contribution in [1.82, 2.24) is 10.2 Å². The van der Waals surface area contributed by atoms with Crippen LogP contribution in [0.4, 0.5) is 0 Å². The van der Waals surface area contributed by atoms with Gasteiger partial charge in [-0.1, -0.05) is 19.1 Å². The largest absolute Gasteiger partial charge is 0.492 e. The first kappa shape index (κ1) is 17.3. The number of carbonyl (C=O) groups excluding carboxylic acids is 1. The lowest BCUT2D eigenvalue weighted by Gasteiger charge is -2.28. The van der Waals surface area contributed by atoms with E-state index in [1.165, 1.54) is 0 Å². The third-order valence-electron chi connectivity index (χ3n) is 3.89. The van der Waals surface area contributed by atoms with E-state index in [1.54, 1.807) is 0 Å². The molecule has 1 atom stereocenters. The van der Waals surface area contributed by atoms with Gasteiger partial charge in [0.1, 0.15) is 5.75 Å². The van der Waals surface area contributed by atoms with Gasteiger partial charge in [0.25, 0.3) is 0 Å². The smallest absolute Gasteiger partial charge is 0.222 e. The third kappa shape index (κ3) is 4.99. The highest BCUT2D eigenvalue weighted by molar-refractivity contribution is 9.10. The molecule has 1 fully saturated rings. The highest BCUT2D eigenvalue weighted by Gasteiger charge is 2.25. The molecular formula is C17H25BrN2O2. The number of nitrogens with zero attached hydrogens (tertiary/aromatic N) is 1. The molecule has 4 nitrogen and oxygen atoms in total. The molecule has 0 bridgehead atoms. The summed E-state index contributed by atoms with van der Waals surface area (Å²) in [7, 11) is 0. The lowest BCUT2D eigenvalue weighted by atomic mass is 10.1. The van der Waals surface area contributed by atoms with Crippen molar-refractivity contribution < 1.29 is 9.53 Å². The molecule has 0 radical (unpaired) electrons. The number of rotatable bonds is 8. The summed E-state index contributed by atoms with van der Waals surface area (Å²) in [6.07, 6.45) is 3.39. The van der Waals surface area contributed by atoms with Gasteiger partial charge in [-0.05, 0) is 53.9 Å². The molecule has 5 heteroatoms. The number of hydrogen-bond acceptors (Lipinski definition) is 3. The number of ether oxygens (including phenoxy) is 1. The van der Waals surface area contributed by atoms with Crippen LogP contribution in [0.2, 0.25) is 0 Å². The standard InChI is InChI=1S/C17H25BrN2O2/c1-2-11-20(14-9-10-19-13-14)17(21)8-5-12-22-16-7-4-3-6-15(16)18/h3-4,6-7,14,19H,2,5,8-13H2,1H3. The fourth-order valence-electron chi connectivity index (χ4n) is 2.77. The summed E-state index contributed by atoms with van der Waals surface area (Å²) in [6.45, 7) is 5.49. The summed E-state index contributed by atoms with van der Waals surface area (Å²) < 4.78 is 6.67. The molecule has 1 N–H and O–H groups in total. The average molecular weight is 369 g/mol. The van der Waals surface area contributed by atoms with Crippen LogP contribution in [0.25, 0.3) is 0 Å². The molecule has 0 aromatic heterocycles. The summed E-state index contributed by atoms with van der Waals surface area (Å²) in [6, 6.07) is 8.16. The molecule has 1 aliphatic rings. The highest BCUT2D eigenvalue weighted by Crippen LogP contribution is 2.24. The number of benzene rings is 1. The van der Waals surface area contributed by atoms with Crippen LogP contribution < -0.4 is 10.1 Å². The Morgan fingerprint density at radius 1 is 1.45 bits per heavy atom. The van der Waals surface area contributed by atoms with Crippen LogP contribution in [0.15, 0.2) is 28.7 Å². The topological polar surface area (TPSA) is 41.6 Å². The summed E-state index contributed by atoms with van der Waals surface area (Å²) in [5.41, 5.74) is 0. The van der Waals surface area contributed by atoms with Crippen molar-refractivity contribution in [2.75, 3.05) is 26.2 Å². The van der Waals surface area contributed by atoms with Gasteiger partial charge in [0.15, 0.2) is 0 Å². The number of para-hydroxylation sites is 1. The first-order valence-electron chi connectivity index (χ1n) is 8.10. The quantitative estimate of drug-likeness (QED) is 0.716. The van der Waals surface area contributed by atoms with Crippen molar-refractivity contribution in [3.63, 3.8) is 0 Å². The molecule has 0 aliphatic carbocycles. The van der Waals surface area contributed by atoms with Gasteiger partial charge in [-0.25, -0.2) is 0 Å². The van der Waals surface area contributed by atoms with E-state index in [1.807, 2.05) is 24.3 Å². The maximum Gasteiger partial charge on any atom is 0.222 e. The second-order valence-electron chi connectivity index (χ2n) is 5.62. The first-order valence-corrected chi connectivity index (χ1v) is 8.89. The van der Waals surface area contributed by atoms with Crippen LogP contribution in [0.5, 0.6) is 5.75 Å². The zero-order valence-corrected chi connectivity index (χ0v) is 14.8. The zero-order valence-electron chi connectivity index (χ0n) is 13.2. The fraction of sp³-hybridized carbons (Fsp3) is 0.588. The molecule has 1 aromatic rings. The van der Waals surface area contributed by atoms with Crippen molar-refractivity contribution in [3.8, 4) is 5.75 Å². The molecule has 1 amide bonds. The monoisotopic (exact) mass is 368 g/mol. The van der Waals surface area contributed by atoms with Crippen molar-refractivity contribution >= 4 is 21.8 Å². The fourth-order valence-corrected chi connectivity index (χ4v) is 3.17. The minimum Gasteiger partial charge on any atom is -0.492 e. The van der Waals surface area contributed by atoms with E-state index >= 15 is 0 Å². The number of amides is 1. The molecule has 2 rings (SSSR count). The molecule has 1 aromatic carbocycles. The zero-order chi connectivity index (χ0) is 15.8. The number of halogens is 1. The van der Waals surface area contributed by atoms with Gasteiger partial charge in [-0.3, -0.25) is 4.79 Å². The predicted octanol–water partition coefficient (Wildman–Crippen LogP) is 3.21. The van der Waals surface area contributed by atoms with Crippen LogP contribution in [0.1, 0.15) is 32.6 Å². The van der Waals surface area contributed by atoms with Gasteiger partial charge >= 0.3 is 0 Å². The summed E-state index contributed by atoms with van der Waals surface area (Å²) in [5, 5.41) is 3.34. The molecule has 1 heterocycles. The normalized spacial score (nSPS) is 17.5. The molecule has 122 valence electrons. The van der Waals surface area contributed by atoms with Crippen LogP contribution in [0.3, 0.4) is 0 Å². The molecule has 0 spiro atoms. The number of nitrogens with one attached hydrogen (secondary N) is 1. The minimum absolute atomic E-state index is 0.256. The van der Waals surface area contributed by atoms with E-state index < -0.39 is 0 Å². The van der Waals surface area contributed by atoms with Crippen molar-refractivity contribution in [2.45, 2.75) is 38.6 Å². The van der Waals surface area contributed by atoms with Gasteiger partial charge in [0, 0.05) is 25.6 Å². The molecular weight excluding hydrogens is 344 g/mol. The number of carbonyl (C=O) groups is 1. The van der Waals surface area contributed by atoms with Crippen LogP contribution in [-0.4, -0.2) is 43.1 Å². The first-order chi connectivity index (χ1) is 10.7. The third-order valence-corrected chi connectivity index (χ3v) is 4.54. The Morgan fingerprint density at radius 3 is 2.95 bits per heavy atom. The lowest BCUT2D eigenvalue weighted by Crippen LogP contribution is -2.42. The molecule has 1 saturated heterocycles. The maximum absolute atomic E-state index is 12.4. The van der Waals surface area contributed by atoms with E-state index in [0.717, 1.165) is 49.1 Å². The Bertz CT molecular complexity index is 475. The van der Waals surface area contributed by atoms with Crippen LogP contribution in [0, 0.1) is 0 Å². The second kappa shape index (κ2) is 9.16. The molecule has 1 aliphatic heterocycles. The molecule has 0 saturated carbocycles. The van der Waals surface area contributed by atoms with Crippen LogP contribution in [-0.2, 0) is 4.79 Å². The van der Waals surface area contributed by atoms with Gasteiger partial charge in [-0.15, -0.1) is 0 Å². The SMILES string of the molecule is CCCN(C(=O)CCCOc1ccccc1Br)C1CCNC1. The molecule has 22 heavy (non-hydrogen) atoms. The Morgan fingerprint density at radius 2 is 2.27 bits per heavy atom.